The van der Waals surface area contributed by atoms with Crippen molar-refractivity contribution >= 4 is 6.08 Å². The van der Waals surface area contributed by atoms with Crippen LogP contribution in [0.4, 0.5) is 0 Å². The molecule has 2 heteroatoms. The number of hydrogen-bond donors (Lipinski definition) is 2. The van der Waals surface area contributed by atoms with Crippen LogP contribution in [-0.4, -0.2) is 11.7 Å². The Bertz CT molecular complexity index is 357. The maximum Gasteiger partial charge on any atom is 0.0802 e. The van der Waals surface area contributed by atoms with E-state index < -0.39 is 6.10 Å². The van der Waals surface area contributed by atoms with Crippen molar-refractivity contribution in [2.45, 2.75) is 18.9 Å². The van der Waals surface area contributed by atoms with Gasteiger partial charge < -0.3 is 10.8 Å². The number of hydrogen-bond acceptors (Lipinski definition) is 2. The van der Waals surface area contributed by atoms with E-state index in [1.54, 1.807) is 0 Å². The summed E-state index contributed by atoms with van der Waals surface area (Å²) in [5, 5.41) is 9.75. The van der Waals surface area contributed by atoms with Crippen molar-refractivity contribution in [3.8, 4) is 0 Å². The second-order valence-electron chi connectivity index (χ2n) is 3.66. The number of allylic oxidation sites excluding steroid dienone is 1. The number of fused-ring (bicyclic) bond motifs is 1. The number of nitrogens with two attached hydrogens (primary N) is 1. The van der Waals surface area contributed by atoms with E-state index >= 15 is 0 Å². The van der Waals surface area contributed by atoms with Gasteiger partial charge in [-0.25, -0.2) is 0 Å². The van der Waals surface area contributed by atoms with Crippen LogP contribution in [0.5, 0.6) is 0 Å². The van der Waals surface area contributed by atoms with Crippen LogP contribution in [-0.2, 0) is 6.42 Å². The molecule has 0 amide bonds. The molecule has 1 aromatic rings. The van der Waals surface area contributed by atoms with E-state index in [1.165, 1.54) is 11.1 Å². The van der Waals surface area contributed by atoms with Gasteiger partial charge in [0.25, 0.3) is 0 Å². The first-order valence-corrected chi connectivity index (χ1v) is 4.99. The lowest BCUT2D eigenvalue weighted by Crippen LogP contribution is -2.06. The predicted octanol–water partition coefficient (Wildman–Crippen LogP) is 1.64. The predicted molar refractivity (Wildman–Crippen MR) is 57.8 cm³/mol. The van der Waals surface area contributed by atoms with Crippen molar-refractivity contribution in [3.63, 3.8) is 0 Å². The molecule has 3 N–H and O–H groups in total. The molecular formula is C12H15NO. The Balaban J connectivity index is 2.23. The molecule has 0 saturated carbocycles. The highest BCUT2D eigenvalue weighted by atomic mass is 16.3. The van der Waals surface area contributed by atoms with Crippen molar-refractivity contribution in [2.24, 2.45) is 5.73 Å². The van der Waals surface area contributed by atoms with Crippen molar-refractivity contribution in [3.05, 3.63) is 41.0 Å². The molecule has 2 nitrogen and oxygen atoms in total. The first-order valence-electron chi connectivity index (χ1n) is 4.99. The van der Waals surface area contributed by atoms with Gasteiger partial charge in [-0.05, 0) is 42.1 Å². The van der Waals surface area contributed by atoms with Crippen LogP contribution in [0.1, 0.15) is 29.2 Å². The maximum atomic E-state index is 9.75. The lowest BCUT2D eigenvalue weighted by atomic mass is 10.0. The van der Waals surface area contributed by atoms with Crippen LogP contribution in [0.25, 0.3) is 6.08 Å². The largest absolute Gasteiger partial charge is 0.388 e. The molecule has 1 unspecified atom stereocenters. The molecule has 0 fully saturated rings. The molecule has 1 aliphatic carbocycles. The highest BCUT2D eigenvalue weighted by molar-refractivity contribution is 5.60. The van der Waals surface area contributed by atoms with E-state index in [2.05, 4.69) is 24.3 Å². The molecule has 0 aromatic heterocycles. The minimum Gasteiger partial charge on any atom is -0.388 e. The average molecular weight is 189 g/mol. The van der Waals surface area contributed by atoms with Gasteiger partial charge >= 0.3 is 0 Å². The molecule has 0 spiro atoms. The van der Waals surface area contributed by atoms with Gasteiger partial charge in [0.1, 0.15) is 0 Å². The normalized spacial score (nSPS) is 15.6. The van der Waals surface area contributed by atoms with Crippen LogP contribution in [0.2, 0.25) is 0 Å². The van der Waals surface area contributed by atoms with E-state index in [9.17, 15) is 5.11 Å². The van der Waals surface area contributed by atoms with Gasteiger partial charge in [-0.15, -0.1) is 0 Å². The Morgan fingerprint density at radius 1 is 1.43 bits per heavy atom. The fourth-order valence-corrected chi connectivity index (χ4v) is 1.80. The monoisotopic (exact) mass is 189 g/mol. The fraction of sp³-hybridized carbons (Fsp3) is 0.333. The van der Waals surface area contributed by atoms with Gasteiger partial charge in [-0.1, -0.05) is 24.3 Å². The second-order valence-corrected chi connectivity index (χ2v) is 3.66. The Kier molecular flexibility index (Phi) is 2.66. The first kappa shape index (κ1) is 9.44. The molecule has 1 atom stereocenters. The third-order valence-electron chi connectivity index (χ3n) is 2.63. The van der Waals surface area contributed by atoms with Crippen LogP contribution in [0, 0.1) is 0 Å². The summed E-state index contributed by atoms with van der Waals surface area (Å²) >= 11 is 0. The Labute approximate surface area is 84.1 Å². The highest BCUT2D eigenvalue weighted by Gasteiger charge is 2.10. The van der Waals surface area contributed by atoms with E-state index in [1.807, 2.05) is 6.07 Å². The molecule has 1 aliphatic rings. The molecule has 2 rings (SSSR count). The highest BCUT2D eigenvalue weighted by Crippen LogP contribution is 2.24. The van der Waals surface area contributed by atoms with Gasteiger partial charge in [0.2, 0.25) is 0 Å². The van der Waals surface area contributed by atoms with E-state index in [0.717, 1.165) is 12.0 Å². The topological polar surface area (TPSA) is 46.2 Å². The van der Waals surface area contributed by atoms with Gasteiger partial charge in [0.15, 0.2) is 0 Å². The fourth-order valence-electron chi connectivity index (χ4n) is 1.80. The second kappa shape index (κ2) is 3.95. The summed E-state index contributed by atoms with van der Waals surface area (Å²) in [5.41, 5.74) is 8.95. The molecule has 1 aromatic carbocycles. The molecule has 0 bridgehead atoms. The zero-order valence-electron chi connectivity index (χ0n) is 8.11. The Morgan fingerprint density at radius 3 is 3.07 bits per heavy atom. The summed E-state index contributed by atoms with van der Waals surface area (Å²) < 4.78 is 0. The smallest absolute Gasteiger partial charge is 0.0802 e. The minimum absolute atomic E-state index is 0.417. The Morgan fingerprint density at radius 2 is 2.29 bits per heavy atom. The molecular weight excluding hydrogens is 174 g/mol. The van der Waals surface area contributed by atoms with Crippen molar-refractivity contribution in [2.75, 3.05) is 6.54 Å². The van der Waals surface area contributed by atoms with Crippen LogP contribution < -0.4 is 5.73 Å². The number of benzene rings is 1. The molecule has 0 radical (unpaired) electrons. The summed E-state index contributed by atoms with van der Waals surface area (Å²) in [6.07, 6.45) is 5.47. The lowest BCUT2D eigenvalue weighted by molar-refractivity contribution is 0.170. The summed E-state index contributed by atoms with van der Waals surface area (Å²) in [7, 11) is 0. The van der Waals surface area contributed by atoms with Gasteiger partial charge in [-0.2, -0.15) is 0 Å². The van der Waals surface area contributed by atoms with Gasteiger partial charge in [0, 0.05) is 0 Å². The average Bonchev–Trinajstić information content (AvgIpc) is 2.64. The summed E-state index contributed by atoms with van der Waals surface area (Å²) in [4.78, 5) is 0. The van der Waals surface area contributed by atoms with Gasteiger partial charge in [-0.3, -0.25) is 0 Å². The van der Waals surface area contributed by atoms with Crippen molar-refractivity contribution < 1.29 is 5.11 Å². The van der Waals surface area contributed by atoms with Crippen molar-refractivity contribution in [1.82, 2.24) is 0 Å². The van der Waals surface area contributed by atoms with Crippen LogP contribution in [0.3, 0.4) is 0 Å². The molecule has 0 saturated heterocycles. The van der Waals surface area contributed by atoms with Crippen LogP contribution in [0.15, 0.2) is 24.3 Å². The number of aliphatic hydroxyl groups is 1. The van der Waals surface area contributed by atoms with Crippen molar-refractivity contribution in [1.29, 1.82) is 0 Å². The maximum absolute atomic E-state index is 9.75. The molecule has 14 heavy (non-hydrogen) atoms. The zero-order valence-corrected chi connectivity index (χ0v) is 8.11. The minimum atomic E-state index is -0.417. The SMILES string of the molecule is NCCC(O)c1ccc2c(c1)C=CC2. The van der Waals surface area contributed by atoms with E-state index in [0.29, 0.717) is 13.0 Å². The van der Waals surface area contributed by atoms with E-state index in [-0.39, 0.29) is 0 Å². The Hall–Kier alpha value is -1.12. The van der Waals surface area contributed by atoms with E-state index in [4.69, 9.17) is 5.73 Å². The number of aliphatic hydroxyl groups excluding tert-OH is 1. The first-order chi connectivity index (χ1) is 6.81. The molecule has 0 heterocycles. The molecule has 74 valence electrons. The van der Waals surface area contributed by atoms with Gasteiger partial charge in [0.05, 0.1) is 6.10 Å². The van der Waals surface area contributed by atoms with Crippen LogP contribution >= 0.6 is 0 Å². The third-order valence-corrected chi connectivity index (χ3v) is 2.63. The third kappa shape index (κ3) is 1.72. The number of rotatable bonds is 3. The summed E-state index contributed by atoms with van der Waals surface area (Å²) in [6.45, 7) is 0.522. The quantitative estimate of drug-likeness (QED) is 0.759. The summed E-state index contributed by atoms with van der Waals surface area (Å²) in [5.74, 6) is 0. The standard InChI is InChI=1S/C12H15NO/c13-7-6-12(14)11-5-4-9-2-1-3-10(9)8-11/h1,3-5,8,12,14H,2,6-7,13H2. The molecule has 0 aliphatic heterocycles. The zero-order chi connectivity index (χ0) is 9.97. The lowest BCUT2D eigenvalue weighted by Gasteiger charge is -2.10. The summed E-state index contributed by atoms with van der Waals surface area (Å²) in [6, 6.07) is 6.13.